The highest BCUT2D eigenvalue weighted by Gasteiger charge is 2.32. The van der Waals surface area contributed by atoms with Crippen molar-refractivity contribution in [3.05, 3.63) is 41.2 Å². The highest BCUT2D eigenvalue weighted by Crippen LogP contribution is 2.31. The molecule has 0 bridgehead atoms. The van der Waals surface area contributed by atoms with Crippen LogP contribution in [-0.2, 0) is 4.79 Å². The summed E-state index contributed by atoms with van der Waals surface area (Å²) >= 11 is 6.11. The van der Waals surface area contributed by atoms with Crippen molar-refractivity contribution < 1.29 is 14.7 Å². The van der Waals surface area contributed by atoms with Gasteiger partial charge in [0.15, 0.2) is 0 Å². The van der Waals surface area contributed by atoms with E-state index in [0.717, 1.165) is 10.9 Å². The maximum Gasteiger partial charge on any atom is 0.335 e. The molecule has 1 aliphatic heterocycles. The summed E-state index contributed by atoms with van der Waals surface area (Å²) in [7, 11) is 0. The number of amides is 1. The zero-order valence-corrected chi connectivity index (χ0v) is 17.6. The number of nitrogens with one attached hydrogen (secondary N) is 1. The predicted molar refractivity (Wildman–Crippen MR) is 115 cm³/mol. The van der Waals surface area contributed by atoms with Gasteiger partial charge in [-0.15, -0.1) is 0 Å². The SMILES string of the molecule is CC(=O)N1[C@H](C)CN(c2cc(C(=O)O)cc(-c3c[nH]c4ncc(Cl)cc34)n2)C[C@@H]1C. The van der Waals surface area contributed by atoms with Gasteiger partial charge in [0.25, 0.3) is 0 Å². The maximum atomic E-state index is 12.0. The Morgan fingerprint density at radius 2 is 1.90 bits per heavy atom. The monoisotopic (exact) mass is 427 g/mol. The molecule has 0 unspecified atom stereocenters. The minimum Gasteiger partial charge on any atom is -0.478 e. The zero-order chi connectivity index (χ0) is 21.6. The molecule has 0 radical (unpaired) electrons. The second-order valence-electron chi connectivity index (χ2n) is 7.69. The molecule has 8 nitrogen and oxygen atoms in total. The standard InChI is InChI=1S/C21H22ClN5O3/c1-11-9-26(10-12(2)27(11)13(3)28)19-5-14(21(29)30)4-18(25-19)17-8-24-20-16(17)6-15(22)7-23-20/h4-8,11-12H,9-10H2,1-3H3,(H,23,24)(H,29,30)/t11-,12+. The number of aromatic amines is 1. The molecular weight excluding hydrogens is 406 g/mol. The number of pyridine rings is 2. The topological polar surface area (TPSA) is 102 Å². The van der Waals surface area contributed by atoms with Gasteiger partial charge in [0, 0.05) is 55.4 Å². The highest BCUT2D eigenvalue weighted by molar-refractivity contribution is 6.31. The molecule has 4 rings (SSSR count). The van der Waals surface area contributed by atoms with Crippen LogP contribution in [0.25, 0.3) is 22.3 Å². The Morgan fingerprint density at radius 1 is 1.20 bits per heavy atom. The van der Waals surface area contributed by atoms with Crippen LogP contribution in [-0.4, -0.2) is 62.0 Å². The van der Waals surface area contributed by atoms with Crippen LogP contribution in [0, 0.1) is 0 Å². The van der Waals surface area contributed by atoms with Gasteiger partial charge in [0.2, 0.25) is 5.91 Å². The normalized spacial score (nSPS) is 19.3. The van der Waals surface area contributed by atoms with Crippen molar-refractivity contribution in [1.82, 2.24) is 19.9 Å². The van der Waals surface area contributed by atoms with Gasteiger partial charge in [-0.05, 0) is 32.0 Å². The quantitative estimate of drug-likeness (QED) is 0.664. The van der Waals surface area contributed by atoms with Gasteiger partial charge in [-0.25, -0.2) is 14.8 Å². The number of anilines is 1. The highest BCUT2D eigenvalue weighted by atomic mass is 35.5. The Morgan fingerprint density at radius 3 is 2.53 bits per heavy atom. The van der Waals surface area contributed by atoms with Gasteiger partial charge in [0.05, 0.1) is 16.3 Å². The molecule has 9 heteroatoms. The van der Waals surface area contributed by atoms with Crippen molar-refractivity contribution in [1.29, 1.82) is 0 Å². The molecular formula is C21H22ClN5O3. The summed E-state index contributed by atoms with van der Waals surface area (Å²) in [6.45, 7) is 6.68. The van der Waals surface area contributed by atoms with Crippen LogP contribution in [0.1, 0.15) is 31.1 Å². The fraction of sp³-hybridized carbons (Fsp3) is 0.333. The molecule has 1 saturated heterocycles. The fourth-order valence-corrected chi connectivity index (χ4v) is 4.42. The Labute approximate surface area is 178 Å². The van der Waals surface area contributed by atoms with E-state index in [9.17, 15) is 14.7 Å². The smallest absolute Gasteiger partial charge is 0.335 e. The summed E-state index contributed by atoms with van der Waals surface area (Å²) < 4.78 is 0. The maximum absolute atomic E-state index is 12.0. The average molecular weight is 428 g/mol. The molecule has 3 aromatic heterocycles. The largest absolute Gasteiger partial charge is 0.478 e. The van der Waals surface area contributed by atoms with E-state index in [1.807, 2.05) is 23.6 Å². The first-order chi connectivity index (χ1) is 14.2. The molecule has 1 aliphatic rings. The Kier molecular flexibility index (Phi) is 5.11. The number of rotatable bonds is 3. The average Bonchev–Trinajstić information content (AvgIpc) is 3.09. The van der Waals surface area contributed by atoms with Gasteiger partial charge in [-0.2, -0.15) is 0 Å². The lowest BCUT2D eigenvalue weighted by molar-refractivity contribution is -0.133. The van der Waals surface area contributed by atoms with Gasteiger partial charge in [-0.3, -0.25) is 4.79 Å². The van der Waals surface area contributed by atoms with Crippen LogP contribution in [0.5, 0.6) is 0 Å². The van der Waals surface area contributed by atoms with E-state index in [-0.39, 0.29) is 23.6 Å². The number of aromatic carboxylic acids is 1. The first kappa shape index (κ1) is 20.2. The van der Waals surface area contributed by atoms with Crippen molar-refractivity contribution in [3.8, 4) is 11.3 Å². The molecule has 0 spiro atoms. The van der Waals surface area contributed by atoms with E-state index in [1.165, 1.54) is 0 Å². The predicted octanol–water partition coefficient (Wildman–Crippen LogP) is 3.42. The first-order valence-corrected chi connectivity index (χ1v) is 10.0. The first-order valence-electron chi connectivity index (χ1n) is 9.67. The molecule has 0 aromatic carbocycles. The summed E-state index contributed by atoms with van der Waals surface area (Å²) in [5, 5.41) is 10.9. The molecule has 1 fully saturated rings. The fourth-order valence-electron chi connectivity index (χ4n) is 4.26. The third-order valence-electron chi connectivity index (χ3n) is 5.44. The van der Waals surface area contributed by atoms with Crippen molar-refractivity contribution in [2.24, 2.45) is 0 Å². The van der Waals surface area contributed by atoms with Crippen LogP contribution in [0.3, 0.4) is 0 Å². The number of carboxylic acid groups (broad SMARTS) is 1. The molecule has 2 atom stereocenters. The van der Waals surface area contributed by atoms with E-state index >= 15 is 0 Å². The van der Waals surface area contributed by atoms with Gasteiger partial charge in [0.1, 0.15) is 11.5 Å². The number of hydrogen-bond acceptors (Lipinski definition) is 5. The molecule has 1 amide bonds. The summed E-state index contributed by atoms with van der Waals surface area (Å²) in [4.78, 5) is 39.8. The molecule has 0 aliphatic carbocycles. The number of piperazine rings is 1. The van der Waals surface area contributed by atoms with Crippen molar-refractivity contribution in [2.45, 2.75) is 32.9 Å². The van der Waals surface area contributed by atoms with E-state index in [0.29, 0.717) is 35.3 Å². The van der Waals surface area contributed by atoms with E-state index in [4.69, 9.17) is 16.6 Å². The van der Waals surface area contributed by atoms with Crippen LogP contribution >= 0.6 is 11.6 Å². The summed E-state index contributed by atoms with van der Waals surface area (Å²) in [5.41, 5.74) is 2.05. The molecule has 2 N–H and O–H groups in total. The third kappa shape index (κ3) is 3.59. The Balaban J connectivity index is 1.78. The number of nitrogens with zero attached hydrogens (tertiary/aromatic N) is 4. The van der Waals surface area contributed by atoms with Crippen LogP contribution in [0.2, 0.25) is 5.02 Å². The number of carbonyl (C=O) groups excluding carboxylic acids is 1. The molecule has 4 heterocycles. The van der Waals surface area contributed by atoms with E-state index in [1.54, 1.807) is 37.5 Å². The summed E-state index contributed by atoms with van der Waals surface area (Å²) in [6.07, 6.45) is 3.30. The minimum absolute atomic E-state index is 0.0129. The number of aromatic nitrogens is 3. The molecule has 156 valence electrons. The van der Waals surface area contributed by atoms with Gasteiger partial charge >= 0.3 is 5.97 Å². The Bertz CT molecular complexity index is 1130. The lowest BCUT2D eigenvalue weighted by atomic mass is 10.1. The summed E-state index contributed by atoms with van der Waals surface area (Å²) in [5.74, 6) is -0.429. The number of carbonyl (C=O) groups is 2. The number of hydrogen-bond donors (Lipinski definition) is 2. The minimum atomic E-state index is -1.03. The second-order valence-corrected chi connectivity index (χ2v) is 8.12. The number of carboxylic acids is 1. The van der Waals surface area contributed by atoms with Gasteiger partial charge < -0.3 is 19.9 Å². The van der Waals surface area contributed by atoms with E-state index < -0.39 is 5.97 Å². The van der Waals surface area contributed by atoms with Gasteiger partial charge in [-0.1, -0.05) is 11.6 Å². The molecule has 0 saturated carbocycles. The van der Waals surface area contributed by atoms with Crippen molar-refractivity contribution in [3.63, 3.8) is 0 Å². The number of fused-ring (bicyclic) bond motifs is 1. The Hall–Kier alpha value is -3.13. The van der Waals surface area contributed by atoms with Crippen LogP contribution in [0.4, 0.5) is 5.82 Å². The van der Waals surface area contributed by atoms with Crippen LogP contribution in [0.15, 0.2) is 30.6 Å². The second kappa shape index (κ2) is 7.60. The summed E-state index contributed by atoms with van der Waals surface area (Å²) in [6, 6.07) is 4.88. The lowest BCUT2D eigenvalue weighted by Gasteiger charge is -2.44. The molecule has 30 heavy (non-hydrogen) atoms. The van der Waals surface area contributed by atoms with Crippen LogP contribution < -0.4 is 4.90 Å². The third-order valence-corrected chi connectivity index (χ3v) is 5.65. The lowest BCUT2D eigenvalue weighted by Crippen LogP contribution is -2.58. The van der Waals surface area contributed by atoms with Crippen molar-refractivity contribution >= 4 is 40.3 Å². The molecule has 3 aromatic rings. The van der Waals surface area contributed by atoms with E-state index in [2.05, 4.69) is 9.97 Å². The van der Waals surface area contributed by atoms with Crippen molar-refractivity contribution in [2.75, 3.05) is 18.0 Å². The number of halogens is 1. The zero-order valence-electron chi connectivity index (χ0n) is 16.9. The number of H-pyrrole nitrogens is 1.